The molecular weight excluding hydrogens is 555 g/mol. The first-order valence-electron chi connectivity index (χ1n) is 13.3. The standard InChI is InChI=1S/C30H38Cl2N2O4S/c31-25-21-23(11-15-29(37)33-17-5-1-3-7-19-35)9-13-27(25)39-28-14-10-24(22-26(28)32)12-16-30(38)34-18-6-2-4-8-20-36/h9-16,21-22,35-36H,1-8,17-20H2,(H,33,37)(H,34,38)/b15-11+,16-12+. The maximum absolute atomic E-state index is 12.0. The highest BCUT2D eigenvalue weighted by Crippen LogP contribution is 2.38. The second-order valence-corrected chi connectivity index (χ2v) is 10.9. The van der Waals surface area contributed by atoms with Gasteiger partial charge in [0, 0.05) is 48.2 Å². The van der Waals surface area contributed by atoms with Crippen molar-refractivity contribution in [2.24, 2.45) is 0 Å². The topological polar surface area (TPSA) is 98.7 Å². The summed E-state index contributed by atoms with van der Waals surface area (Å²) in [6.07, 6.45) is 13.7. The zero-order valence-electron chi connectivity index (χ0n) is 22.1. The second-order valence-electron chi connectivity index (χ2n) is 9.01. The third-order valence-electron chi connectivity index (χ3n) is 5.75. The Morgan fingerprint density at radius 2 is 1.08 bits per heavy atom. The summed E-state index contributed by atoms with van der Waals surface area (Å²) in [5.41, 5.74) is 1.63. The number of unbranched alkanes of at least 4 members (excludes halogenated alkanes) is 6. The molecule has 0 spiro atoms. The Morgan fingerprint density at radius 3 is 1.46 bits per heavy atom. The number of aliphatic hydroxyl groups is 2. The second kappa shape index (κ2) is 19.7. The third-order valence-corrected chi connectivity index (χ3v) is 7.76. The van der Waals surface area contributed by atoms with Gasteiger partial charge < -0.3 is 20.8 Å². The molecule has 2 aromatic rings. The Balaban J connectivity index is 1.83. The monoisotopic (exact) mass is 592 g/mol. The molecular formula is C30H38Cl2N2O4S. The van der Waals surface area contributed by atoms with Crippen LogP contribution in [0.1, 0.15) is 62.5 Å². The highest BCUT2D eigenvalue weighted by Gasteiger charge is 2.08. The zero-order valence-corrected chi connectivity index (χ0v) is 24.5. The largest absolute Gasteiger partial charge is 0.396 e. The van der Waals surface area contributed by atoms with Crippen LogP contribution in [0, 0.1) is 0 Å². The molecule has 9 heteroatoms. The number of benzene rings is 2. The molecule has 0 bridgehead atoms. The van der Waals surface area contributed by atoms with Gasteiger partial charge in [0.15, 0.2) is 0 Å². The molecule has 0 saturated carbocycles. The van der Waals surface area contributed by atoms with E-state index in [1.807, 2.05) is 24.3 Å². The van der Waals surface area contributed by atoms with Gasteiger partial charge in [0.1, 0.15) is 0 Å². The summed E-state index contributed by atoms with van der Waals surface area (Å²) in [7, 11) is 0. The average molecular weight is 594 g/mol. The molecule has 39 heavy (non-hydrogen) atoms. The molecule has 0 fully saturated rings. The van der Waals surface area contributed by atoms with Crippen LogP contribution in [-0.2, 0) is 9.59 Å². The maximum atomic E-state index is 12.0. The lowest BCUT2D eigenvalue weighted by atomic mass is 10.2. The first-order chi connectivity index (χ1) is 18.9. The van der Waals surface area contributed by atoms with Crippen LogP contribution in [0.4, 0.5) is 0 Å². The van der Waals surface area contributed by atoms with Crippen molar-refractivity contribution in [3.05, 3.63) is 69.7 Å². The van der Waals surface area contributed by atoms with E-state index < -0.39 is 0 Å². The lowest BCUT2D eigenvalue weighted by molar-refractivity contribution is -0.117. The van der Waals surface area contributed by atoms with Crippen LogP contribution >= 0.6 is 35.0 Å². The number of rotatable bonds is 18. The summed E-state index contributed by atoms with van der Waals surface area (Å²) >= 11 is 14.4. The summed E-state index contributed by atoms with van der Waals surface area (Å²) in [5, 5.41) is 24.4. The molecule has 6 nitrogen and oxygen atoms in total. The van der Waals surface area contributed by atoms with Crippen molar-refractivity contribution in [2.45, 2.75) is 61.2 Å². The van der Waals surface area contributed by atoms with Crippen molar-refractivity contribution in [3.8, 4) is 0 Å². The quantitative estimate of drug-likeness (QED) is 0.117. The number of amides is 2. The minimum Gasteiger partial charge on any atom is -0.396 e. The molecule has 0 aliphatic rings. The highest BCUT2D eigenvalue weighted by atomic mass is 35.5. The molecule has 2 rings (SSSR count). The Hall–Kier alpha value is -2.29. The smallest absolute Gasteiger partial charge is 0.243 e. The fourth-order valence-electron chi connectivity index (χ4n) is 3.59. The van der Waals surface area contributed by atoms with Gasteiger partial charge in [0.05, 0.1) is 10.0 Å². The number of nitrogens with one attached hydrogen (secondary N) is 2. The fraction of sp³-hybridized carbons (Fsp3) is 0.400. The van der Waals surface area contributed by atoms with Gasteiger partial charge in [0.25, 0.3) is 0 Å². The van der Waals surface area contributed by atoms with Crippen LogP contribution in [0.25, 0.3) is 12.2 Å². The summed E-state index contributed by atoms with van der Waals surface area (Å²) in [5.74, 6) is -0.307. The van der Waals surface area contributed by atoms with Gasteiger partial charge in [0.2, 0.25) is 11.8 Å². The van der Waals surface area contributed by atoms with Crippen molar-refractivity contribution >= 4 is 58.9 Å². The molecule has 0 unspecified atom stereocenters. The number of carbonyl (C=O) groups is 2. The normalized spacial score (nSPS) is 11.4. The van der Waals surface area contributed by atoms with E-state index in [0.717, 1.165) is 72.3 Å². The minimum absolute atomic E-state index is 0.153. The number of halogens is 2. The molecule has 0 heterocycles. The van der Waals surface area contributed by atoms with Crippen LogP contribution < -0.4 is 10.6 Å². The Bertz CT molecular complexity index is 1020. The third kappa shape index (κ3) is 14.1. The Kier molecular flexibility index (Phi) is 16.6. The average Bonchev–Trinajstić information content (AvgIpc) is 2.92. The fourth-order valence-corrected chi connectivity index (χ4v) is 5.02. The first-order valence-corrected chi connectivity index (χ1v) is 14.9. The predicted octanol–water partition coefficient (Wildman–Crippen LogP) is 6.51. The molecule has 0 aromatic heterocycles. The van der Waals surface area contributed by atoms with E-state index in [1.165, 1.54) is 23.9 Å². The summed E-state index contributed by atoms with van der Waals surface area (Å²) in [4.78, 5) is 25.7. The van der Waals surface area contributed by atoms with Gasteiger partial charge in [-0.3, -0.25) is 9.59 Å². The number of carbonyl (C=O) groups excluding carboxylic acids is 2. The lowest BCUT2D eigenvalue weighted by Crippen LogP contribution is -2.21. The van der Waals surface area contributed by atoms with Crippen molar-refractivity contribution < 1.29 is 19.8 Å². The number of aliphatic hydroxyl groups excluding tert-OH is 2. The molecule has 0 aliphatic carbocycles. The zero-order chi connectivity index (χ0) is 28.3. The predicted molar refractivity (Wildman–Crippen MR) is 162 cm³/mol. The van der Waals surface area contributed by atoms with E-state index in [2.05, 4.69) is 10.6 Å². The Morgan fingerprint density at radius 1 is 0.667 bits per heavy atom. The summed E-state index contributed by atoms with van der Waals surface area (Å²) in [6, 6.07) is 11.2. The van der Waals surface area contributed by atoms with Crippen molar-refractivity contribution in [3.63, 3.8) is 0 Å². The van der Waals surface area contributed by atoms with E-state index in [4.69, 9.17) is 33.4 Å². The van der Waals surface area contributed by atoms with Gasteiger partial charge in [-0.25, -0.2) is 0 Å². The molecule has 0 aliphatic heterocycles. The molecule has 0 saturated heterocycles. The van der Waals surface area contributed by atoms with E-state index in [-0.39, 0.29) is 25.0 Å². The van der Waals surface area contributed by atoms with Crippen LogP contribution in [0.15, 0.2) is 58.3 Å². The first kappa shape index (κ1) is 32.9. The van der Waals surface area contributed by atoms with Crippen LogP contribution in [0.3, 0.4) is 0 Å². The molecule has 0 radical (unpaired) electrons. The summed E-state index contributed by atoms with van der Waals surface area (Å²) < 4.78 is 0. The van der Waals surface area contributed by atoms with E-state index in [9.17, 15) is 9.59 Å². The SMILES string of the molecule is O=C(/C=C/c1ccc(Sc2ccc(/C=C/C(=O)NCCCCCCO)cc2Cl)c(Cl)c1)NCCCCCCO. The van der Waals surface area contributed by atoms with Crippen LogP contribution in [0.5, 0.6) is 0 Å². The van der Waals surface area contributed by atoms with Crippen molar-refractivity contribution in [1.82, 2.24) is 10.6 Å². The van der Waals surface area contributed by atoms with E-state index in [1.54, 1.807) is 24.3 Å². The number of hydrogen-bond acceptors (Lipinski definition) is 5. The van der Waals surface area contributed by atoms with E-state index in [0.29, 0.717) is 23.1 Å². The van der Waals surface area contributed by atoms with Gasteiger partial charge in [-0.05, 0) is 73.2 Å². The van der Waals surface area contributed by atoms with Crippen molar-refractivity contribution in [1.29, 1.82) is 0 Å². The van der Waals surface area contributed by atoms with Gasteiger partial charge in [-0.1, -0.05) is 72.8 Å². The number of hydrogen-bond donors (Lipinski definition) is 4. The van der Waals surface area contributed by atoms with Gasteiger partial charge in [-0.2, -0.15) is 0 Å². The lowest BCUT2D eigenvalue weighted by Gasteiger charge is -2.08. The molecule has 4 N–H and O–H groups in total. The van der Waals surface area contributed by atoms with Crippen LogP contribution in [-0.4, -0.2) is 48.3 Å². The van der Waals surface area contributed by atoms with Gasteiger partial charge in [-0.15, -0.1) is 0 Å². The van der Waals surface area contributed by atoms with E-state index >= 15 is 0 Å². The summed E-state index contributed by atoms with van der Waals surface area (Å²) in [6.45, 7) is 1.64. The molecule has 2 aromatic carbocycles. The minimum atomic E-state index is -0.153. The Labute approximate surface area is 245 Å². The molecule has 212 valence electrons. The van der Waals surface area contributed by atoms with Crippen molar-refractivity contribution in [2.75, 3.05) is 26.3 Å². The molecule has 0 atom stereocenters. The van der Waals surface area contributed by atoms with Crippen LogP contribution in [0.2, 0.25) is 10.0 Å². The van der Waals surface area contributed by atoms with Gasteiger partial charge >= 0.3 is 0 Å². The highest BCUT2D eigenvalue weighted by molar-refractivity contribution is 7.99. The maximum Gasteiger partial charge on any atom is 0.243 e. The molecule has 2 amide bonds.